The number of benzene rings is 1. The van der Waals surface area contributed by atoms with Gasteiger partial charge in [-0.3, -0.25) is 0 Å². The van der Waals surface area contributed by atoms with Crippen molar-refractivity contribution in [3.63, 3.8) is 0 Å². The first kappa shape index (κ1) is 15.8. The lowest BCUT2D eigenvalue weighted by Crippen LogP contribution is -2.30. The maximum Gasteiger partial charge on any atom is 0.319 e. The number of rotatable bonds is 5. The Morgan fingerprint density at radius 2 is 2.05 bits per heavy atom. The van der Waals surface area contributed by atoms with Gasteiger partial charge < -0.3 is 10.6 Å². The quantitative estimate of drug-likeness (QED) is 0.862. The van der Waals surface area contributed by atoms with Crippen LogP contribution in [0.15, 0.2) is 29.6 Å². The molecule has 2 N–H and O–H groups in total. The molecule has 0 saturated heterocycles. The van der Waals surface area contributed by atoms with Gasteiger partial charge in [-0.1, -0.05) is 25.4 Å². The Bertz CT molecular complexity index is 595. The minimum Gasteiger partial charge on any atom is -0.337 e. The highest BCUT2D eigenvalue weighted by molar-refractivity contribution is 7.09. The molecule has 0 spiro atoms. The van der Waals surface area contributed by atoms with Crippen LogP contribution in [0.25, 0.3) is 0 Å². The first-order chi connectivity index (χ1) is 10.0. The van der Waals surface area contributed by atoms with E-state index in [1.54, 1.807) is 35.6 Å². The summed E-state index contributed by atoms with van der Waals surface area (Å²) < 4.78 is 0. The number of hydrogen-bond donors (Lipinski definition) is 2. The number of carbonyl (C=O) groups excluding carboxylic acids is 1. The molecule has 1 aromatic heterocycles. The first-order valence-corrected chi connectivity index (χ1v) is 8.05. The summed E-state index contributed by atoms with van der Waals surface area (Å²) in [6.07, 6.45) is 0.741. The molecule has 4 nitrogen and oxygen atoms in total. The Labute approximate surface area is 133 Å². The van der Waals surface area contributed by atoms with Gasteiger partial charge in [-0.15, -0.1) is 11.3 Å². The van der Waals surface area contributed by atoms with Gasteiger partial charge in [0.05, 0.1) is 10.7 Å². The highest BCUT2D eigenvalue weighted by atomic mass is 35.5. The summed E-state index contributed by atoms with van der Waals surface area (Å²) >= 11 is 7.43. The third-order valence-electron chi connectivity index (χ3n) is 2.89. The number of amides is 2. The number of thiazole rings is 1. The van der Waals surface area contributed by atoms with Crippen LogP contribution in [0.2, 0.25) is 5.02 Å². The molecule has 6 heteroatoms. The van der Waals surface area contributed by atoms with Crippen LogP contribution in [-0.2, 0) is 6.42 Å². The number of hydrogen-bond acceptors (Lipinski definition) is 3. The molecule has 2 rings (SSSR count). The molecule has 2 aromatic rings. The van der Waals surface area contributed by atoms with E-state index in [1.165, 1.54) is 0 Å². The van der Waals surface area contributed by atoms with Crippen molar-refractivity contribution in [3.05, 3.63) is 45.4 Å². The first-order valence-electron chi connectivity index (χ1n) is 6.79. The molecule has 2 amide bonds. The Kier molecular flexibility index (Phi) is 5.59. The maximum atomic E-state index is 11.7. The summed E-state index contributed by atoms with van der Waals surface area (Å²) in [6.45, 7) is 4.80. The van der Waals surface area contributed by atoms with Crippen LogP contribution in [0.3, 0.4) is 0 Å². The van der Waals surface area contributed by atoms with Crippen molar-refractivity contribution in [3.8, 4) is 0 Å². The van der Waals surface area contributed by atoms with Crippen molar-refractivity contribution in [2.75, 3.05) is 11.9 Å². The molecule has 0 aliphatic carbocycles. The number of aromatic nitrogens is 1. The molecule has 0 fully saturated rings. The van der Waals surface area contributed by atoms with Crippen LogP contribution in [0.1, 0.15) is 30.5 Å². The van der Waals surface area contributed by atoms with Gasteiger partial charge in [-0.25, -0.2) is 9.78 Å². The normalized spacial score (nSPS) is 10.7. The van der Waals surface area contributed by atoms with Gasteiger partial charge in [0.2, 0.25) is 0 Å². The molecule has 0 aliphatic rings. The highest BCUT2D eigenvalue weighted by Gasteiger charge is 2.06. The van der Waals surface area contributed by atoms with Crippen LogP contribution < -0.4 is 10.6 Å². The SMILES string of the molecule is CC(C)c1csc(CCNC(=O)Nc2ccc(Cl)cc2)n1. The van der Waals surface area contributed by atoms with Crippen LogP contribution >= 0.6 is 22.9 Å². The average molecular weight is 324 g/mol. The third kappa shape index (κ3) is 5.02. The minimum atomic E-state index is -0.224. The number of halogens is 1. The second-order valence-corrected chi connectivity index (χ2v) is 6.34. The summed E-state index contributed by atoms with van der Waals surface area (Å²) in [5.41, 5.74) is 1.83. The zero-order valence-electron chi connectivity index (χ0n) is 12.0. The predicted molar refractivity (Wildman–Crippen MR) is 88.4 cm³/mol. The number of carbonyl (C=O) groups is 1. The van der Waals surface area contributed by atoms with Crippen LogP contribution in [-0.4, -0.2) is 17.6 Å². The number of anilines is 1. The molecular formula is C15H18ClN3OS. The Hall–Kier alpha value is -1.59. The molecule has 0 bridgehead atoms. The van der Waals surface area contributed by atoms with E-state index in [0.29, 0.717) is 23.2 Å². The van der Waals surface area contributed by atoms with E-state index in [0.717, 1.165) is 17.1 Å². The van der Waals surface area contributed by atoms with Crippen LogP contribution in [0, 0.1) is 0 Å². The molecule has 0 unspecified atom stereocenters. The van der Waals surface area contributed by atoms with E-state index in [9.17, 15) is 4.79 Å². The fraction of sp³-hybridized carbons (Fsp3) is 0.333. The summed E-state index contributed by atoms with van der Waals surface area (Å²) in [5.74, 6) is 0.441. The van der Waals surface area contributed by atoms with Crippen molar-refractivity contribution in [1.82, 2.24) is 10.3 Å². The largest absolute Gasteiger partial charge is 0.337 e. The fourth-order valence-corrected chi connectivity index (χ4v) is 2.78. The monoisotopic (exact) mass is 323 g/mol. The van der Waals surface area contributed by atoms with Crippen molar-refractivity contribution >= 4 is 34.7 Å². The number of nitrogens with zero attached hydrogens (tertiary/aromatic N) is 1. The van der Waals surface area contributed by atoms with Gasteiger partial charge in [0, 0.05) is 29.1 Å². The molecule has 0 aliphatic heterocycles. The summed E-state index contributed by atoms with van der Waals surface area (Å²) in [6, 6.07) is 6.77. The molecule has 0 saturated carbocycles. The Morgan fingerprint density at radius 3 is 2.67 bits per heavy atom. The Balaban J connectivity index is 1.74. The molecule has 1 aromatic carbocycles. The van der Waals surface area contributed by atoms with Crippen molar-refractivity contribution in [2.24, 2.45) is 0 Å². The zero-order chi connectivity index (χ0) is 15.2. The van der Waals surface area contributed by atoms with E-state index in [1.807, 2.05) is 0 Å². The third-order valence-corrected chi connectivity index (χ3v) is 4.07. The zero-order valence-corrected chi connectivity index (χ0v) is 13.6. The molecular weight excluding hydrogens is 306 g/mol. The highest BCUT2D eigenvalue weighted by Crippen LogP contribution is 2.17. The standard InChI is InChI=1S/C15H18ClN3OS/c1-10(2)13-9-21-14(19-13)7-8-17-15(20)18-12-5-3-11(16)4-6-12/h3-6,9-10H,7-8H2,1-2H3,(H2,17,18,20). The molecule has 0 atom stereocenters. The summed E-state index contributed by atoms with van der Waals surface area (Å²) in [5, 5.41) is 9.34. The second kappa shape index (κ2) is 7.43. The van der Waals surface area contributed by atoms with Crippen LogP contribution in [0.4, 0.5) is 10.5 Å². The predicted octanol–water partition coefficient (Wildman–Crippen LogP) is 4.28. The van der Waals surface area contributed by atoms with Crippen molar-refractivity contribution in [2.45, 2.75) is 26.2 Å². The number of nitrogens with one attached hydrogen (secondary N) is 2. The smallest absolute Gasteiger partial charge is 0.319 e. The van der Waals surface area contributed by atoms with E-state index in [-0.39, 0.29) is 6.03 Å². The van der Waals surface area contributed by atoms with E-state index in [4.69, 9.17) is 11.6 Å². The van der Waals surface area contributed by atoms with Gasteiger partial charge >= 0.3 is 6.03 Å². The van der Waals surface area contributed by atoms with E-state index >= 15 is 0 Å². The van der Waals surface area contributed by atoms with Gasteiger partial charge in [-0.2, -0.15) is 0 Å². The molecule has 21 heavy (non-hydrogen) atoms. The van der Waals surface area contributed by atoms with E-state index < -0.39 is 0 Å². The van der Waals surface area contributed by atoms with Gasteiger partial charge in [0.1, 0.15) is 0 Å². The summed E-state index contributed by atoms with van der Waals surface area (Å²) in [4.78, 5) is 16.3. The van der Waals surface area contributed by atoms with Gasteiger partial charge in [-0.05, 0) is 30.2 Å². The minimum absolute atomic E-state index is 0.224. The van der Waals surface area contributed by atoms with Crippen molar-refractivity contribution < 1.29 is 4.79 Å². The maximum absolute atomic E-state index is 11.7. The lowest BCUT2D eigenvalue weighted by atomic mass is 10.2. The second-order valence-electron chi connectivity index (χ2n) is 4.96. The molecule has 0 radical (unpaired) electrons. The van der Waals surface area contributed by atoms with Crippen LogP contribution in [0.5, 0.6) is 0 Å². The lowest BCUT2D eigenvalue weighted by molar-refractivity contribution is 0.252. The fourth-order valence-electron chi connectivity index (χ4n) is 1.70. The Morgan fingerprint density at radius 1 is 1.33 bits per heavy atom. The molecule has 1 heterocycles. The van der Waals surface area contributed by atoms with Crippen molar-refractivity contribution in [1.29, 1.82) is 0 Å². The molecule has 112 valence electrons. The lowest BCUT2D eigenvalue weighted by Gasteiger charge is -2.06. The summed E-state index contributed by atoms with van der Waals surface area (Å²) in [7, 11) is 0. The average Bonchev–Trinajstić information content (AvgIpc) is 2.90. The van der Waals surface area contributed by atoms with E-state index in [2.05, 4.69) is 34.8 Å². The number of urea groups is 1. The van der Waals surface area contributed by atoms with Gasteiger partial charge in [0.25, 0.3) is 0 Å². The topological polar surface area (TPSA) is 54.0 Å². The van der Waals surface area contributed by atoms with Gasteiger partial charge in [0.15, 0.2) is 0 Å².